The Balaban J connectivity index is 1.44. The van der Waals surface area contributed by atoms with Gasteiger partial charge < -0.3 is 15.0 Å². The molecule has 2 aliphatic rings. The van der Waals surface area contributed by atoms with Crippen molar-refractivity contribution >= 4 is 63.3 Å². The summed E-state index contributed by atoms with van der Waals surface area (Å²) in [5.74, 6) is -5.58. The maximum atomic E-state index is 14.5. The number of ether oxygens (including phenoxy) is 1. The monoisotopic (exact) mass is 729 g/mol. The number of alkyl halides is 3. The summed E-state index contributed by atoms with van der Waals surface area (Å²) in [7, 11) is 0. The Bertz CT molecular complexity index is 2200. The van der Waals surface area contributed by atoms with Crippen molar-refractivity contribution in [1.82, 2.24) is 14.7 Å². The number of halogens is 7. The van der Waals surface area contributed by atoms with Gasteiger partial charge in [-0.15, -0.1) is 0 Å². The van der Waals surface area contributed by atoms with E-state index in [0.29, 0.717) is 18.7 Å². The summed E-state index contributed by atoms with van der Waals surface area (Å²) in [4.78, 5) is 43.9. The molecule has 0 atom stereocenters. The lowest BCUT2D eigenvalue weighted by Crippen LogP contribution is -2.39. The van der Waals surface area contributed by atoms with Crippen molar-refractivity contribution in [3.05, 3.63) is 111 Å². The molecule has 1 N–H and O–H groups in total. The van der Waals surface area contributed by atoms with E-state index in [-0.39, 0.29) is 67.7 Å². The predicted molar refractivity (Wildman–Crippen MR) is 174 cm³/mol. The Morgan fingerprint density at radius 2 is 1.58 bits per heavy atom. The number of amides is 3. The van der Waals surface area contributed by atoms with E-state index in [2.05, 4.69) is 15.3 Å². The number of fused-ring (bicyclic) bond motifs is 2. The van der Waals surface area contributed by atoms with E-state index in [4.69, 9.17) is 27.9 Å². The first-order chi connectivity index (χ1) is 23.8. The fourth-order valence-electron chi connectivity index (χ4n) is 5.78. The average molecular weight is 730 g/mol. The van der Waals surface area contributed by atoms with Crippen molar-refractivity contribution in [1.29, 1.82) is 0 Å². The van der Waals surface area contributed by atoms with Gasteiger partial charge >= 0.3 is 6.18 Å². The van der Waals surface area contributed by atoms with Crippen LogP contribution < -0.4 is 15.0 Å². The van der Waals surface area contributed by atoms with Gasteiger partial charge in [-0.25, -0.2) is 13.7 Å². The molecular formula is C34H22Cl2F5N5O4. The first kappa shape index (κ1) is 33.4. The first-order valence-electron chi connectivity index (χ1n) is 15.1. The van der Waals surface area contributed by atoms with E-state index < -0.39 is 46.7 Å². The molecule has 2 aliphatic heterocycles. The van der Waals surface area contributed by atoms with Crippen molar-refractivity contribution in [3.63, 3.8) is 0 Å². The van der Waals surface area contributed by atoms with E-state index in [0.717, 1.165) is 36.5 Å². The van der Waals surface area contributed by atoms with Crippen LogP contribution >= 0.6 is 23.2 Å². The minimum Gasteiger partial charge on any atom is -0.453 e. The molecule has 1 saturated heterocycles. The standard InChI is InChI=1S/C34H22Cl2F5N5O4/c35-23-7-6-19(37)15-26(23)50-29-25(42-31(47)17-12-18(34(39,40)41)14-20(38)13-17)16-24(36)28-27(29)30(43-45(28)11-10-44-8-3-9-44)46-32(48)21-4-1-2-5-22(21)33(46)49/h1-2,4-7,12-16H,3,8-11H2,(H,42,47). The maximum absolute atomic E-state index is 14.5. The molecule has 50 heavy (non-hydrogen) atoms. The number of nitrogens with one attached hydrogen (secondary N) is 1. The Hall–Kier alpha value is -5.05. The third kappa shape index (κ3) is 6.03. The van der Waals surface area contributed by atoms with Crippen LogP contribution in [-0.4, -0.2) is 52.0 Å². The van der Waals surface area contributed by atoms with Crippen LogP contribution in [0.5, 0.6) is 11.5 Å². The zero-order valence-corrected chi connectivity index (χ0v) is 27.0. The Labute approximate surface area is 289 Å². The summed E-state index contributed by atoms with van der Waals surface area (Å²) in [6, 6.07) is 11.8. The number of nitrogens with zero attached hydrogens (tertiary/aromatic N) is 4. The minimum absolute atomic E-state index is 0.0674. The normalized spacial score (nSPS) is 14.7. The second-order valence-electron chi connectivity index (χ2n) is 11.5. The van der Waals surface area contributed by atoms with Gasteiger partial charge in [0.05, 0.1) is 49.9 Å². The molecule has 3 amide bonds. The molecule has 0 radical (unpaired) electrons. The molecule has 1 aromatic heterocycles. The third-order valence-electron chi connectivity index (χ3n) is 8.33. The highest BCUT2D eigenvalue weighted by Gasteiger charge is 2.41. The summed E-state index contributed by atoms with van der Waals surface area (Å²) in [6.45, 7) is 2.43. The van der Waals surface area contributed by atoms with Gasteiger partial charge in [-0.05, 0) is 68.0 Å². The highest BCUT2D eigenvalue weighted by Crippen LogP contribution is 2.48. The van der Waals surface area contributed by atoms with Gasteiger partial charge in [0, 0.05) is 18.2 Å². The SMILES string of the molecule is O=C(Nc1cc(Cl)c2c(c(N3C(=O)c4ccccc4C3=O)nn2CCN2CCC2)c1Oc1cc(F)ccc1Cl)c1cc(F)cc(C(F)(F)F)c1. The van der Waals surface area contributed by atoms with Crippen LogP contribution in [0, 0.1) is 11.6 Å². The van der Waals surface area contributed by atoms with Crippen molar-refractivity contribution in [3.8, 4) is 11.5 Å². The minimum atomic E-state index is -4.96. The van der Waals surface area contributed by atoms with Crippen LogP contribution in [0.25, 0.3) is 10.9 Å². The van der Waals surface area contributed by atoms with E-state index in [9.17, 15) is 36.3 Å². The summed E-state index contributed by atoms with van der Waals surface area (Å²) in [5.41, 5.74) is -2.06. The van der Waals surface area contributed by atoms with Crippen molar-refractivity contribution in [2.75, 3.05) is 29.9 Å². The number of carbonyl (C=O) groups is 3. The lowest BCUT2D eigenvalue weighted by atomic mass is 10.1. The van der Waals surface area contributed by atoms with Crippen LogP contribution in [0.1, 0.15) is 43.1 Å². The maximum Gasteiger partial charge on any atom is 0.416 e. The molecule has 9 nitrogen and oxygen atoms in total. The summed E-state index contributed by atoms with van der Waals surface area (Å²) in [6.07, 6.45) is -3.96. The second kappa shape index (κ2) is 12.7. The number of likely N-dealkylation sites (tertiary alicyclic amines) is 1. The molecule has 16 heteroatoms. The lowest BCUT2D eigenvalue weighted by Gasteiger charge is -2.30. The molecule has 7 rings (SSSR count). The Morgan fingerprint density at radius 3 is 2.22 bits per heavy atom. The fourth-order valence-corrected chi connectivity index (χ4v) is 6.24. The van der Waals surface area contributed by atoms with Crippen LogP contribution in [0.4, 0.5) is 33.5 Å². The second-order valence-corrected chi connectivity index (χ2v) is 12.4. The Kier molecular flexibility index (Phi) is 8.48. The number of aromatic nitrogens is 2. The lowest BCUT2D eigenvalue weighted by molar-refractivity contribution is -0.137. The molecule has 0 bridgehead atoms. The van der Waals surface area contributed by atoms with E-state index in [1.54, 1.807) is 12.1 Å². The number of imide groups is 1. The molecule has 1 fully saturated rings. The smallest absolute Gasteiger partial charge is 0.416 e. The molecular weight excluding hydrogens is 708 g/mol. The van der Waals surface area contributed by atoms with Crippen LogP contribution in [-0.2, 0) is 12.7 Å². The average Bonchev–Trinajstić information content (AvgIpc) is 3.53. The number of hydrogen-bond donors (Lipinski definition) is 1. The molecule has 0 unspecified atom stereocenters. The van der Waals surface area contributed by atoms with Gasteiger partial charge in [0.15, 0.2) is 11.6 Å². The van der Waals surface area contributed by atoms with E-state index >= 15 is 0 Å². The van der Waals surface area contributed by atoms with Crippen molar-refractivity contribution in [2.45, 2.75) is 19.1 Å². The molecule has 5 aromatic rings. The molecule has 256 valence electrons. The van der Waals surface area contributed by atoms with Gasteiger partial charge in [-0.1, -0.05) is 35.3 Å². The van der Waals surface area contributed by atoms with Gasteiger partial charge in [0.25, 0.3) is 17.7 Å². The Morgan fingerprint density at radius 1 is 0.880 bits per heavy atom. The number of anilines is 2. The van der Waals surface area contributed by atoms with Crippen LogP contribution in [0.3, 0.4) is 0 Å². The summed E-state index contributed by atoms with van der Waals surface area (Å²) < 4.78 is 76.8. The quantitative estimate of drug-likeness (QED) is 0.128. The summed E-state index contributed by atoms with van der Waals surface area (Å²) in [5, 5.41) is 6.80. The number of benzene rings is 4. The van der Waals surface area contributed by atoms with E-state index in [1.165, 1.54) is 28.9 Å². The molecule has 0 saturated carbocycles. The molecule has 0 aliphatic carbocycles. The van der Waals surface area contributed by atoms with Gasteiger partial charge in [0.1, 0.15) is 17.4 Å². The molecule has 4 aromatic carbocycles. The fraction of sp³-hybridized carbons (Fsp3) is 0.176. The van der Waals surface area contributed by atoms with Crippen molar-refractivity contribution in [2.24, 2.45) is 0 Å². The summed E-state index contributed by atoms with van der Waals surface area (Å²) >= 11 is 13.2. The van der Waals surface area contributed by atoms with Gasteiger partial charge in [-0.2, -0.15) is 18.3 Å². The zero-order chi connectivity index (χ0) is 35.5. The van der Waals surface area contributed by atoms with Gasteiger partial charge in [0.2, 0.25) is 0 Å². The van der Waals surface area contributed by atoms with Crippen LogP contribution in [0.2, 0.25) is 10.0 Å². The molecule has 0 spiro atoms. The number of hydrogen-bond acceptors (Lipinski definition) is 6. The van der Waals surface area contributed by atoms with Crippen molar-refractivity contribution < 1.29 is 41.1 Å². The highest BCUT2D eigenvalue weighted by molar-refractivity contribution is 6.39. The van der Waals surface area contributed by atoms with Gasteiger partial charge in [-0.3, -0.25) is 19.1 Å². The molecule has 3 heterocycles. The van der Waals surface area contributed by atoms with Crippen LogP contribution in [0.15, 0.2) is 66.7 Å². The zero-order valence-electron chi connectivity index (χ0n) is 25.5. The third-order valence-corrected chi connectivity index (χ3v) is 8.93. The highest BCUT2D eigenvalue weighted by atomic mass is 35.5. The topological polar surface area (TPSA) is 96.8 Å². The largest absolute Gasteiger partial charge is 0.453 e. The first-order valence-corrected chi connectivity index (χ1v) is 15.8. The number of rotatable bonds is 8. The predicted octanol–water partition coefficient (Wildman–Crippen LogP) is 8.19. The van der Waals surface area contributed by atoms with E-state index in [1.807, 2.05) is 0 Å². The number of carbonyl (C=O) groups excluding carboxylic acids is 3.